The van der Waals surface area contributed by atoms with Crippen molar-refractivity contribution in [2.75, 3.05) is 44.9 Å². The van der Waals surface area contributed by atoms with Gasteiger partial charge in [0.25, 0.3) is 0 Å². The molecule has 2 N–H and O–H groups in total. The van der Waals surface area contributed by atoms with Crippen molar-refractivity contribution in [1.29, 1.82) is 0 Å². The van der Waals surface area contributed by atoms with Gasteiger partial charge in [-0.2, -0.15) is 0 Å². The van der Waals surface area contributed by atoms with Crippen molar-refractivity contribution in [2.24, 2.45) is 5.73 Å². The van der Waals surface area contributed by atoms with E-state index in [2.05, 4.69) is 24.0 Å². The summed E-state index contributed by atoms with van der Waals surface area (Å²) in [7, 11) is 1.69. The van der Waals surface area contributed by atoms with Crippen LogP contribution in [-0.2, 0) is 4.74 Å². The van der Waals surface area contributed by atoms with Gasteiger partial charge in [0.2, 0.25) is 0 Å². The standard InChI is InChI=1S/C16H28N2O2/c1-3-4-12-20-13-11-18(10-6-9-17)15-7-5-8-16(14-15)19-2/h5,7-8,14H,3-4,6,9-13,17H2,1-2H3. The second kappa shape index (κ2) is 10.5. The Balaban J connectivity index is 2.53. The summed E-state index contributed by atoms with van der Waals surface area (Å²) >= 11 is 0. The molecule has 0 unspecified atom stereocenters. The zero-order chi connectivity index (χ0) is 14.6. The molecule has 0 amide bonds. The van der Waals surface area contributed by atoms with Gasteiger partial charge in [-0.1, -0.05) is 19.4 Å². The number of anilines is 1. The van der Waals surface area contributed by atoms with Crippen molar-refractivity contribution in [2.45, 2.75) is 26.2 Å². The SMILES string of the molecule is CCCCOCCN(CCCN)c1cccc(OC)c1. The molecule has 0 aliphatic carbocycles. The van der Waals surface area contributed by atoms with Crippen LogP contribution in [0.2, 0.25) is 0 Å². The van der Waals surface area contributed by atoms with Crippen molar-refractivity contribution in [3.05, 3.63) is 24.3 Å². The monoisotopic (exact) mass is 280 g/mol. The number of rotatable bonds is 11. The van der Waals surface area contributed by atoms with E-state index in [0.29, 0.717) is 6.54 Å². The lowest BCUT2D eigenvalue weighted by atomic mass is 10.2. The maximum Gasteiger partial charge on any atom is 0.120 e. The normalized spacial score (nSPS) is 10.6. The van der Waals surface area contributed by atoms with E-state index in [0.717, 1.165) is 50.6 Å². The quantitative estimate of drug-likeness (QED) is 0.633. The third-order valence-electron chi connectivity index (χ3n) is 3.20. The molecule has 0 atom stereocenters. The summed E-state index contributed by atoms with van der Waals surface area (Å²) in [5.74, 6) is 0.882. The third-order valence-corrected chi connectivity index (χ3v) is 3.20. The summed E-state index contributed by atoms with van der Waals surface area (Å²) in [6, 6.07) is 8.14. The molecule has 1 rings (SSSR count). The molecular formula is C16H28N2O2. The van der Waals surface area contributed by atoms with Crippen molar-refractivity contribution >= 4 is 5.69 Å². The Morgan fingerprint density at radius 3 is 2.70 bits per heavy atom. The largest absolute Gasteiger partial charge is 0.497 e. The van der Waals surface area contributed by atoms with E-state index in [-0.39, 0.29) is 0 Å². The molecule has 20 heavy (non-hydrogen) atoms. The van der Waals surface area contributed by atoms with E-state index in [1.165, 1.54) is 6.42 Å². The van der Waals surface area contributed by atoms with Crippen LogP contribution in [0.15, 0.2) is 24.3 Å². The molecule has 4 heteroatoms. The Kier molecular flexibility index (Phi) is 8.83. The minimum Gasteiger partial charge on any atom is -0.497 e. The number of benzene rings is 1. The molecule has 0 spiro atoms. The van der Waals surface area contributed by atoms with Gasteiger partial charge in [0.1, 0.15) is 5.75 Å². The first-order chi connectivity index (χ1) is 9.81. The van der Waals surface area contributed by atoms with Crippen LogP contribution in [0.1, 0.15) is 26.2 Å². The van der Waals surface area contributed by atoms with Crippen LogP contribution in [0, 0.1) is 0 Å². The van der Waals surface area contributed by atoms with Gasteiger partial charge in [-0.25, -0.2) is 0 Å². The fourth-order valence-electron chi connectivity index (χ4n) is 1.98. The average Bonchev–Trinajstić information content (AvgIpc) is 2.50. The fourth-order valence-corrected chi connectivity index (χ4v) is 1.98. The lowest BCUT2D eigenvalue weighted by Gasteiger charge is -2.25. The summed E-state index contributed by atoms with van der Waals surface area (Å²) in [4.78, 5) is 2.31. The van der Waals surface area contributed by atoms with E-state index < -0.39 is 0 Å². The second-order valence-corrected chi connectivity index (χ2v) is 4.80. The van der Waals surface area contributed by atoms with E-state index in [4.69, 9.17) is 15.2 Å². The van der Waals surface area contributed by atoms with Gasteiger partial charge in [-0.15, -0.1) is 0 Å². The van der Waals surface area contributed by atoms with Gasteiger partial charge in [-0.05, 0) is 31.5 Å². The molecule has 0 saturated heterocycles. The number of methoxy groups -OCH3 is 1. The number of nitrogens with zero attached hydrogens (tertiary/aromatic N) is 1. The smallest absolute Gasteiger partial charge is 0.120 e. The maximum atomic E-state index is 5.66. The van der Waals surface area contributed by atoms with E-state index >= 15 is 0 Å². The molecule has 1 aromatic rings. The molecule has 0 saturated carbocycles. The van der Waals surface area contributed by atoms with Crippen molar-refractivity contribution in [1.82, 2.24) is 0 Å². The van der Waals surface area contributed by atoms with Crippen molar-refractivity contribution < 1.29 is 9.47 Å². The molecule has 1 aromatic carbocycles. The number of ether oxygens (including phenoxy) is 2. The summed E-state index contributed by atoms with van der Waals surface area (Å²) < 4.78 is 10.9. The minimum absolute atomic E-state index is 0.706. The van der Waals surface area contributed by atoms with E-state index in [9.17, 15) is 0 Å². The first-order valence-corrected chi connectivity index (χ1v) is 7.48. The molecule has 114 valence electrons. The predicted molar refractivity (Wildman–Crippen MR) is 84.6 cm³/mol. The van der Waals surface area contributed by atoms with Gasteiger partial charge >= 0.3 is 0 Å². The van der Waals surface area contributed by atoms with E-state index in [1.807, 2.05) is 12.1 Å². The second-order valence-electron chi connectivity index (χ2n) is 4.80. The van der Waals surface area contributed by atoms with Crippen LogP contribution >= 0.6 is 0 Å². The summed E-state index contributed by atoms with van der Waals surface area (Å²) in [6.07, 6.45) is 3.28. The van der Waals surface area contributed by atoms with Crippen LogP contribution < -0.4 is 15.4 Å². The van der Waals surface area contributed by atoms with Gasteiger partial charge in [0, 0.05) is 31.5 Å². The van der Waals surface area contributed by atoms with Crippen LogP contribution in [0.4, 0.5) is 5.69 Å². The van der Waals surface area contributed by atoms with Crippen LogP contribution in [0.5, 0.6) is 5.75 Å². The summed E-state index contributed by atoms with van der Waals surface area (Å²) in [5.41, 5.74) is 6.79. The Labute approximate surface area is 122 Å². The zero-order valence-electron chi connectivity index (χ0n) is 12.8. The Morgan fingerprint density at radius 2 is 2.00 bits per heavy atom. The lowest BCUT2D eigenvalue weighted by Crippen LogP contribution is -2.30. The molecule has 0 aliphatic heterocycles. The molecular weight excluding hydrogens is 252 g/mol. The Hall–Kier alpha value is -1.26. The van der Waals surface area contributed by atoms with Crippen molar-refractivity contribution in [3.8, 4) is 5.75 Å². The minimum atomic E-state index is 0.706. The molecule has 0 aliphatic rings. The molecule has 0 aromatic heterocycles. The lowest BCUT2D eigenvalue weighted by molar-refractivity contribution is 0.137. The summed E-state index contributed by atoms with van der Waals surface area (Å²) in [5, 5.41) is 0. The van der Waals surface area contributed by atoms with Gasteiger partial charge in [0.05, 0.1) is 13.7 Å². The average molecular weight is 280 g/mol. The third kappa shape index (κ3) is 6.26. The Morgan fingerprint density at radius 1 is 1.15 bits per heavy atom. The highest BCUT2D eigenvalue weighted by molar-refractivity contribution is 5.50. The van der Waals surface area contributed by atoms with Gasteiger partial charge in [0.15, 0.2) is 0 Å². The predicted octanol–water partition coefficient (Wildman–Crippen LogP) is 2.67. The summed E-state index contributed by atoms with van der Waals surface area (Å²) in [6.45, 7) is 6.31. The molecule has 0 bridgehead atoms. The Bertz CT molecular complexity index is 358. The molecule has 4 nitrogen and oxygen atoms in total. The zero-order valence-corrected chi connectivity index (χ0v) is 12.8. The van der Waals surface area contributed by atoms with Gasteiger partial charge < -0.3 is 20.1 Å². The molecule has 0 heterocycles. The fraction of sp³-hybridized carbons (Fsp3) is 0.625. The number of nitrogens with two attached hydrogens (primary N) is 1. The number of hydrogen-bond acceptors (Lipinski definition) is 4. The van der Waals surface area contributed by atoms with Crippen LogP contribution in [-0.4, -0.2) is 40.0 Å². The molecule has 0 fully saturated rings. The number of hydrogen-bond donors (Lipinski definition) is 1. The molecule has 0 radical (unpaired) electrons. The number of unbranched alkanes of at least 4 members (excludes halogenated alkanes) is 1. The highest BCUT2D eigenvalue weighted by Crippen LogP contribution is 2.20. The van der Waals surface area contributed by atoms with E-state index in [1.54, 1.807) is 7.11 Å². The first-order valence-electron chi connectivity index (χ1n) is 7.48. The van der Waals surface area contributed by atoms with Crippen LogP contribution in [0.25, 0.3) is 0 Å². The van der Waals surface area contributed by atoms with Crippen molar-refractivity contribution in [3.63, 3.8) is 0 Å². The van der Waals surface area contributed by atoms with Crippen LogP contribution in [0.3, 0.4) is 0 Å². The highest BCUT2D eigenvalue weighted by Gasteiger charge is 2.07. The topological polar surface area (TPSA) is 47.7 Å². The first kappa shape index (κ1) is 16.8. The van der Waals surface area contributed by atoms with Gasteiger partial charge in [-0.3, -0.25) is 0 Å². The highest BCUT2D eigenvalue weighted by atomic mass is 16.5. The maximum absolute atomic E-state index is 5.66.